The number of halogens is 2. The summed E-state index contributed by atoms with van der Waals surface area (Å²) in [5.41, 5.74) is 11.6. The number of hydrogen-bond donors (Lipinski definition) is 3. The third kappa shape index (κ3) is 4.64. The van der Waals surface area contributed by atoms with E-state index in [-0.39, 0.29) is 10.9 Å². The molecule has 0 fully saturated rings. The summed E-state index contributed by atoms with van der Waals surface area (Å²) >= 11 is 4.59. The summed E-state index contributed by atoms with van der Waals surface area (Å²) in [7, 11) is 0. The molecule has 0 aliphatic rings. The topological polar surface area (TPSA) is 59.3 Å². The summed E-state index contributed by atoms with van der Waals surface area (Å²) in [5, 5.41) is 0.0730. The van der Waals surface area contributed by atoms with Crippen molar-refractivity contribution >= 4 is 23.0 Å². The number of ether oxygens (including phenoxy) is 1. The maximum absolute atomic E-state index is 11.9. The van der Waals surface area contributed by atoms with Gasteiger partial charge >= 0.3 is 6.61 Å². The van der Waals surface area contributed by atoms with Crippen molar-refractivity contribution in [3.05, 3.63) is 36.4 Å². The smallest absolute Gasteiger partial charge is 0.387 e. The van der Waals surface area contributed by atoms with E-state index in [0.717, 1.165) is 0 Å². The number of hydrogen-bond acceptors (Lipinski definition) is 3. The van der Waals surface area contributed by atoms with Crippen molar-refractivity contribution in [2.75, 3.05) is 0 Å². The van der Waals surface area contributed by atoms with Gasteiger partial charge in [0.15, 0.2) is 5.11 Å². The zero-order chi connectivity index (χ0) is 12.8. The fourth-order valence-electron chi connectivity index (χ4n) is 1.05. The highest BCUT2D eigenvalue weighted by atomic mass is 32.1. The van der Waals surface area contributed by atoms with Gasteiger partial charge in [0.1, 0.15) is 5.75 Å². The molecule has 92 valence electrons. The molecule has 7 heteroatoms. The minimum Gasteiger partial charge on any atom is -0.435 e. The minimum atomic E-state index is -2.83. The summed E-state index contributed by atoms with van der Waals surface area (Å²) in [6, 6.07) is 5.98. The van der Waals surface area contributed by atoms with Gasteiger partial charge in [-0.1, -0.05) is 6.58 Å². The van der Waals surface area contributed by atoms with E-state index in [4.69, 9.17) is 5.73 Å². The Morgan fingerprint density at radius 3 is 2.35 bits per heavy atom. The van der Waals surface area contributed by atoms with Gasteiger partial charge < -0.3 is 10.5 Å². The number of nitrogens with one attached hydrogen (secondary N) is 2. The maximum atomic E-state index is 11.9. The third-order valence-electron chi connectivity index (χ3n) is 1.76. The van der Waals surface area contributed by atoms with Crippen molar-refractivity contribution < 1.29 is 13.5 Å². The van der Waals surface area contributed by atoms with Gasteiger partial charge in [0.25, 0.3) is 0 Å². The standard InChI is InChI=1S/C10H11F2N3OS/c1-6(14-15-10(13)17)7-2-4-8(5-3-7)16-9(11)12/h2-5,9,14H,1H2,(H3,13,15,17). The van der Waals surface area contributed by atoms with Crippen LogP contribution in [0.15, 0.2) is 30.8 Å². The second-order valence-corrected chi connectivity index (χ2v) is 3.44. The van der Waals surface area contributed by atoms with E-state index >= 15 is 0 Å². The molecule has 1 aromatic carbocycles. The van der Waals surface area contributed by atoms with Gasteiger partial charge in [0, 0.05) is 0 Å². The summed E-state index contributed by atoms with van der Waals surface area (Å²) in [4.78, 5) is 0. The minimum absolute atomic E-state index is 0.0730. The molecule has 1 rings (SSSR count). The van der Waals surface area contributed by atoms with E-state index in [1.165, 1.54) is 12.1 Å². The molecule has 0 heterocycles. The highest BCUT2D eigenvalue weighted by molar-refractivity contribution is 7.80. The van der Waals surface area contributed by atoms with Crippen LogP contribution < -0.4 is 21.3 Å². The monoisotopic (exact) mass is 259 g/mol. The van der Waals surface area contributed by atoms with E-state index < -0.39 is 6.61 Å². The lowest BCUT2D eigenvalue weighted by Crippen LogP contribution is -2.39. The number of alkyl halides is 2. The predicted molar refractivity (Wildman–Crippen MR) is 65.2 cm³/mol. The van der Waals surface area contributed by atoms with Gasteiger partial charge in [0.2, 0.25) is 0 Å². The molecule has 0 aromatic heterocycles. The van der Waals surface area contributed by atoms with Crippen LogP contribution in [0.2, 0.25) is 0 Å². The second-order valence-electron chi connectivity index (χ2n) is 3.00. The molecule has 0 unspecified atom stereocenters. The van der Waals surface area contributed by atoms with Gasteiger partial charge in [-0.25, -0.2) is 0 Å². The Bertz CT molecular complexity index is 409. The molecular weight excluding hydrogens is 248 g/mol. The van der Waals surface area contributed by atoms with Crippen LogP contribution in [0, 0.1) is 0 Å². The lowest BCUT2D eigenvalue weighted by atomic mass is 10.2. The van der Waals surface area contributed by atoms with Crippen LogP contribution in [0.1, 0.15) is 5.56 Å². The number of benzene rings is 1. The summed E-state index contributed by atoms with van der Waals surface area (Å²) < 4.78 is 28.0. The molecule has 0 aliphatic carbocycles. The first-order chi connectivity index (χ1) is 7.99. The van der Waals surface area contributed by atoms with E-state index in [0.29, 0.717) is 11.3 Å². The fraction of sp³-hybridized carbons (Fsp3) is 0.100. The number of nitrogens with two attached hydrogens (primary N) is 1. The number of hydrazine groups is 1. The van der Waals surface area contributed by atoms with E-state index in [1.54, 1.807) is 12.1 Å². The van der Waals surface area contributed by atoms with Crippen LogP contribution in [0.5, 0.6) is 5.75 Å². The summed E-state index contributed by atoms with van der Waals surface area (Å²) in [6.07, 6.45) is 0. The average Bonchev–Trinajstić information content (AvgIpc) is 2.26. The van der Waals surface area contributed by atoms with Crippen LogP contribution in [0.25, 0.3) is 5.70 Å². The summed E-state index contributed by atoms with van der Waals surface area (Å²) in [5.74, 6) is 0.0823. The van der Waals surface area contributed by atoms with Gasteiger partial charge in [-0.3, -0.25) is 10.9 Å². The molecule has 0 aliphatic heterocycles. The van der Waals surface area contributed by atoms with Crippen molar-refractivity contribution in [3.8, 4) is 5.75 Å². The Balaban J connectivity index is 2.60. The third-order valence-corrected chi connectivity index (χ3v) is 1.87. The highest BCUT2D eigenvalue weighted by Gasteiger charge is 2.04. The molecule has 4 nitrogen and oxygen atoms in total. The van der Waals surface area contributed by atoms with Gasteiger partial charge in [-0.2, -0.15) is 8.78 Å². The summed E-state index contributed by atoms with van der Waals surface area (Å²) in [6.45, 7) is 0.875. The first kappa shape index (κ1) is 13.2. The molecule has 17 heavy (non-hydrogen) atoms. The quantitative estimate of drug-likeness (QED) is 0.554. The van der Waals surface area contributed by atoms with Crippen LogP contribution in [0.3, 0.4) is 0 Å². The van der Waals surface area contributed by atoms with Crippen LogP contribution in [-0.4, -0.2) is 11.7 Å². The van der Waals surface area contributed by atoms with E-state index in [1.807, 2.05) is 0 Å². The Morgan fingerprint density at radius 2 is 1.88 bits per heavy atom. The molecule has 0 saturated carbocycles. The Morgan fingerprint density at radius 1 is 1.29 bits per heavy atom. The van der Waals surface area contributed by atoms with Gasteiger partial charge in [-0.15, -0.1) is 0 Å². The molecule has 0 spiro atoms. The number of thiocarbonyl (C=S) groups is 1. The molecular formula is C10H11F2N3OS. The Labute approximate surface area is 102 Å². The Hall–Kier alpha value is -1.89. The first-order valence-electron chi connectivity index (χ1n) is 4.54. The lowest BCUT2D eigenvalue weighted by Gasteiger charge is -2.11. The highest BCUT2D eigenvalue weighted by Crippen LogP contribution is 2.17. The van der Waals surface area contributed by atoms with Crippen LogP contribution >= 0.6 is 12.2 Å². The molecule has 1 aromatic rings. The molecule has 0 radical (unpaired) electrons. The Kier molecular flexibility index (Phi) is 4.65. The van der Waals surface area contributed by atoms with Crippen molar-refractivity contribution in [3.63, 3.8) is 0 Å². The molecule has 0 bridgehead atoms. The molecule has 0 amide bonds. The molecule has 4 N–H and O–H groups in total. The van der Waals surface area contributed by atoms with Gasteiger partial charge in [-0.05, 0) is 42.0 Å². The lowest BCUT2D eigenvalue weighted by molar-refractivity contribution is -0.0498. The first-order valence-corrected chi connectivity index (χ1v) is 4.95. The molecule has 0 atom stereocenters. The number of rotatable bonds is 5. The van der Waals surface area contributed by atoms with Crippen molar-refractivity contribution in [1.82, 2.24) is 10.9 Å². The zero-order valence-electron chi connectivity index (χ0n) is 8.74. The SMILES string of the molecule is C=C(NNC(N)=S)c1ccc(OC(F)F)cc1. The van der Waals surface area contributed by atoms with Crippen molar-refractivity contribution in [1.29, 1.82) is 0 Å². The fourth-order valence-corrected chi connectivity index (χ4v) is 1.10. The average molecular weight is 259 g/mol. The van der Waals surface area contributed by atoms with Gasteiger partial charge in [0.05, 0.1) is 5.70 Å². The van der Waals surface area contributed by atoms with E-state index in [9.17, 15) is 8.78 Å². The maximum Gasteiger partial charge on any atom is 0.387 e. The molecule has 0 saturated heterocycles. The van der Waals surface area contributed by atoms with Crippen molar-refractivity contribution in [2.45, 2.75) is 6.61 Å². The second kappa shape index (κ2) is 6.00. The normalized spacial score (nSPS) is 9.82. The van der Waals surface area contributed by atoms with Crippen molar-refractivity contribution in [2.24, 2.45) is 5.73 Å². The van der Waals surface area contributed by atoms with E-state index in [2.05, 4.69) is 34.4 Å². The largest absolute Gasteiger partial charge is 0.435 e. The predicted octanol–water partition coefficient (Wildman–Crippen LogP) is 1.60. The van der Waals surface area contributed by atoms with Crippen LogP contribution in [0.4, 0.5) is 8.78 Å². The zero-order valence-corrected chi connectivity index (χ0v) is 9.56. The van der Waals surface area contributed by atoms with Crippen LogP contribution in [-0.2, 0) is 0 Å².